The van der Waals surface area contributed by atoms with Crippen LogP contribution >= 0.6 is 0 Å². The molecule has 9 heteroatoms. The predicted molar refractivity (Wildman–Crippen MR) is 85.2 cm³/mol. The number of aromatic nitrogens is 1. The van der Waals surface area contributed by atoms with Crippen molar-refractivity contribution in [3.63, 3.8) is 0 Å². The lowest BCUT2D eigenvalue weighted by Crippen LogP contribution is -2.58. The van der Waals surface area contributed by atoms with Crippen LogP contribution in [-0.4, -0.2) is 58.9 Å². The van der Waals surface area contributed by atoms with Crippen molar-refractivity contribution < 1.29 is 27.5 Å². The molecule has 0 atom stereocenters. The molecule has 26 heavy (non-hydrogen) atoms. The van der Waals surface area contributed by atoms with Crippen molar-refractivity contribution >= 4 is 11.8 Å². The van der Waals surface area contributed by atoms with Crippen molar-refractivity contribution in [2.24, 2.45) is 5.92 Å². The van der Waals surface area contributed by atoms with Gasteiger partial charge in [-0.15, -0.1) is 0 Å². The van der Waals surface area contributed by atoms with Gasteiger partial charge in [-0.2, -0.15) is 13.2 Å². The summed E-state index contributed by atoms with van der Waals surface area (Å²) in [7, 11) is 0. The van der Waals surface area contributed by atoms with Gasteiger partial charge in [0.15, 0.2) is 0 Å². The molecule has 6 nitrogen and oxygen atoms in total. The fourth-order valence-corrected chi connectivity index (χ4v) is 3.20. The Balaban J connectivity index is 1.47. The van der Waals surface area contributed by atoms with E-state index in [1.807, 2.05) is 0 Å². The number of nitrogens with zero attached hydrogens (tertiary/aromatic N) is 3. The summed E-state index contributed by atoms with van der Waals surface area (Å²) in [6, 6.07) is 3.50. The van der Waals surface area contributed by atoms with E-state index in [9.17, 15) is 22.8 Å². The fraction of sp³-hybridized carbons (Fsp3) is 0.588. The molecule has 0 unspecified atom stereocenters. The molecule has 0 radical (unpaired) electrons. The smallest absolute Gasteiger partial charge is 0.433 e. The molecule has 1 aromatic heterocycles. The largest absolute Gasteiger partial charge is 0.471 e. The van der Waals surface area contributed by atoms with E-state index in [0.717, 1.165) is 6.07 Å². The molecule has 2 aliphatic rings. The molecule has 1 aromatic rings. The van der Waals surface area contributed by atoms with Crippen LogP contribution in [0.2, 0.25) is 0 Å². The van der Waals surface area contributed by atoms with Gasteiger partial charge in [-0.05, 0) is 18.9 Å². The summed E-state index contributed by atoms with van der Waals surface area (Å²) >= 11 is 0. The SMILES string of the molecule is CC(=O)N1CCC(C(=O)N2CC(Oc3cccc(C(F)(F)F)n3)C2)CC1. The second-order valence-corrected chi connectivity index (χ2v) is 6.62. The Labute approximate surface area is 148 Å². The van der Waals surface area contributed by atoms with Gasteiger partial charge in [0.25, 0.3) is 0 Å². The van der Waals surface area contributed by atoms with Gasteiger partial charge in [-0.3, -0.25) is 9.59 Å². The number of pyridine rings is 1. The number of amides is 2. The van der Waals surface area contributed by atoms with E-state index in [4.69, 9.17) is 4.74 Å². The van der Waals surface area contributed by atoms with Crippen molar-refractivity contribution in [1.82, 2.24) is 14.8 Å². The molecule has 0 N–H and O–H groups in total. The number of carbonyl (C=O) groups is 2. The first-order valence-corrected chi connectivity index (χ1v) is 8.49. The molecule has 2 amide bonds. The van der Waals surface area contributed by atoms with E-state index in [1.54, 1.807) is 9.80 Å². The molecule has 2 aliphatic heterocycles. The molecule has 2 saturated heterocycles. The lowest BCUT2D eigenvalue weighted by atomic mass is 9.93. The minimum Gasteiger partial charge on any atom is -0.471 e. The lowest BCUT2D eigenvalue weighted by Gasteiger charge is -2.42. The van der Waals surface area contributed by atoms with Crippen LogP contribution in [0.5, 0.6) is 5.88 Å². The van der Waals surface area contributed by atoms with Gasteiger partial charge in [0.2, 0.25) is 17.7 Å². The number of piperidine rings is 1. The average molecular weight is 371 g/mol. The van der Waals surface area contributed by atoms with Crippen molar-refractivity contribution in [3.8, 4) is 5.88 Å². The van der Waals surface area contributed by atoms with Gasteiger partial charge in [0, 0.05) is 32.0 Å². The minimum atomic E-state index is -4.52. The van der Waals surface area contributed by atoms with Gasteiger partial charge in [-0.25, -0.2) is 4.98 Å². The van der Waals surface area contributed by atoms with Gasteiger partial charge in [0.05, 0.1) is 13.1 Å². The zero-order chi connectivity index (χ0) is 18.9. The number of likely N-dealkylation sites (tertiary alicyclic amines) is 2. The van der Waals surface area contributed by atoms with Gasteiger partial charge in [-0.1, -0.05) is 6.07 Å². The highest BCUT2D eigenvalue weighted by atomic mass is 19.4. The Bertz CT molecular complexity index is 681. The summed E-state index contributed by atoms with van der Waals surface area (Å²) in [5.41, 5.74) is -1.00. The van der Waals surface area contributed by atoms with Crippen molar-refractivity contribution in [2.75, 3.05) is 26.2 Å². The van der Waals surface area contributed by atoms with Gasteiger partial charge < -0.3 is 14.5 Å². The van der Waals surface area contributed by atoms with Crippen molar-refractivity contribution in [3.05, 3.63) is 23.9 Å². The molecule has 0 aliphatic carbocycles. The Hall–Kier alpha value is -2.32. The number of alkyl halides is 3. The zero-order valence-electron chi connectivity index (χ0n) is 14.3. The molecule has 0 saturated carbocycles. The van der Waals surface area contributed by atoms with Crippen molar-refractivity contribution in [1.29, 1.82) is 0 Å². The molecule has 0 spiro atoms. The fourth-order valence-electron chi connectivity index (χ4n) is 3.20. The standard InChI is InChI=1S/C17H20F3N3O3/c1-11(24)22-7-5-12(6-8-22)16(25)23-9-13(10-23)26-15-4-2-3-14(21-15)17(18,19)20/h2-4,12-13H,5-10H2,1H3. The van der Waals surface area contributed by atoms with Crippen LogP contribution in [0.4, 0.5) is 13.2 Å². The molecular formula is C17H20F3N3O3. The third-order valence-corrected chi connectivity index (χ3v) is 4.75. The van der Waals surface area contributed by atoms with E-state index in [0.29, 0.717) is 39.0 Å². The first-order chi connectivity index (χ1) is 12.2. The summed E-state index contributed by atoms with van der Waals surface area (Å²) in [4.78, 5) is 30.6. The quantitative estimate of drug-likeness (QED) is 0.815. The highest BCUT2D eigenvalue weighted by Gasteiger charge is 2.38. The third-order valence-electron chi connectivity index (χ3n) is 4.75. The highest BCUT2D eigenvalue weighted by molar-refractivity contribution is 5.80. The van der Waals surface area contributed by atoms with E-state index in [2.05, 4.69) is 4.98 Å². The molecule has 3 rings (SSSR count). The highest BCUT2D eigenvalue weighted by Crippen LogP contribution is 2.29. The van der Waals surface area contributed by atoms with Crippen LogP contribution in [-0.2, 0) is 15.8 Å². The maximum Gasteiger partial charge on any atom is 0.433 e. The minimum absolute atomic E-state index is 0.0156. The Morgan fingerprint density at radius 3 is 2.38 bits per heavy atom. The maximum atomic E-state index is 12.7. The first kappa shape index (κ1) is 18.5. The summed E-state index contributed by atoms with van der Waals surface area (Å²) in [5, 5.41) is 0. The van der Waals surface area contributed by atoms with E-state index in [1.165, 1.54) is 19.1 Å². The average Bonchev–Trinajstić information content (AvgIpc) is 2.57. The zero-order valence-corrected chi connectivity index (χ0v) is 14.3. The number of hydrogen-bond acceptors (Lipinski definition) is 4. The number of rotatable bonds is 3. The Morgan fingerprint density at radius 2 is 1.81 bits per heavy atom. The maximum absolute atomic E-state index is 12.7. The summed E-state index contributed by atoms with van der Waals surface area (Å²) in [6.45, 7) is 3.34. The molecule has 0 aromatic carbocycles. The molecule has 0 bridgehead atoms. The van der Waals surface area contributed by atoms with Crippen LogP contribution < -0.4 is 4.74 Å². The second kappa shape index (κ2) is 7.13. The van der Waals surface area contributed by atoms with Crippen LogP contribution in [0.25, 0.3) is 0 Å². The number of carbonyl (C=O) groups excluding carboxylic acids is 2. The lowest BCUT2D eigenvalue weighted by molar-refractivity contribution is -0.147. The Morgan fingerprint density at radius 1 is 1.15 bits per heavy atom. The van der Waals surface area contributed by atoms with Crippen LogP contribution in [0, 0.1) is 5.92 Å². The number of ether oxygens (including phenoxy) is 1. The first-order valence-electron chi connectivity index (χ1n) is 8.49. The summed E-state index contributed by atoms with van der Waals surface area (Å²) in [5.74, 6) is -0.170. The van der Waals surface area contributed by atoms with Crippen LogP contribution in [0.1, 0.15) is 25.5 Å². The molecule has 142 valence electrons. The summed E-state index contributed by atoms with van der Waals surface area (Å²) in [6.07, 6.45) is -3.60. The predicted octanol–water partition coefficient (Wildman–Crippen LogP) is 1.95. The monoisotopic (exact) mass is 371 g/mol. The van der Waals surface area contributed by atoms with E-state index < -0.39 is 11.9 Å². The summed E-state index contributed by atoms with van der Waals surface area (Å²) < 4.78 is 43.4. The van der Waals surface area contributed by atoms with Crippen molar-refractivity contribution in [2.45, 2.75) is 32.0 Å². The third kappa shape index (κ3) is 4.08. The van der Waals surface area contributed by atoms with Gasteiger partial charge >= 0.3 is 6.18 Å². The second-order valence-electron chi connectivity index (χ2n) is 6.62. The number of halogens is 3. The molecular weight excluding hydrogens is 351 g/mol. The van der Waals surface area contributed by atoms with Crippen LogP contribution in [0.3, 0.4) is 0 Å². The van der Waals surface area contributed by atoms with E-state index >= 15 is 0 Å². The molecule has 2 fully saturated rings. The Kier molecular flexibility index (Phi) is 5.06. The van der Waals surface area contributed by atoms with Crippen LogP contribution in [0.15, 0.2) is 18.2 Å². The normalized spacial score (nSPS) is 19.2. The van der Waals surface area contributed by atoms with Gasteiger partial charge in [0.1, 0.15) is 11.8 Å². The molecule has 3 heterocycles. The topological polar surface area (TPSA) is 62.7 Å². The number of hydrogen-bond donors (Lipinski definition) is 0. The van der Waals surface area contributed by atoms with E-state index in [-0.39, 0.29) is 29.7 Å².